The topological polar surface area (TPSA) is 54.5 Å². The van der Waals surface area contributed by atoms with Crippen LogP contribution in [0.2, 0.25) is 0 Å². The van der Waals surface area contributed by atoms with E-state index >= 15 is 0 Å². The number of imide groups is 1. The van der Waals surface area contributed by atoms with E-state index < -0.39 is 17.9 Å². The highest BCUT2D eigenvalue weighted by Gasteiger charge is 2.39. The summed E-state index contributed by atoms with van der Waals surface area (Å²) in [6, 6.07) is -0.757. The van der Waals surface area contributed by atoms with Crippen LogP contribution in [-0.4, -0.2) is 33.6 Å². The van der Waals surface area contributed by atoms with Gasteiger partial charge in [0.15, 0.2) is 5.78 Å². The molecule has 0 spiro atoms. The van der Waals surface area contributed by atoms with Crippen molar-refractivity contribution in [3.63, 3.8) is 0 Å². The van der Waals surface area contributed by atoms with Crippen molar-refractivity contribution in [3.05, 3.63) is 42.5 Å². The summed E-state index contributed by atoms with van der Waals surface area (Å²) in [5.41, 5.74) is 0.404. The number of nitrogens with zero attached hydrogens (tertiary/aromatic N) is 1. The molecule has 1 atom stereocenters. The Kier molecular flexibility index (Phi) is 8.06. The number of carbonyl (C=O) groups is 3. The second-order valence-corrected chi connectivity index (χ2v) is 4.47. The summed E-state index contributed by atoms with van der Waals surface area (Å²) < 4.78 is 0. The molecular formula is C16H19NO3S. The lowest BCUT2D eigenvalue weighted by Crippen LogP contribution is -2.43. The summed E-state index contributed by atoms with van der Waals surface area (Å²) in [4.78, 5) is 35.8. The molecule has 0 saturated carbocycles. The monoisotopic (exact) mass is 305 g/mol. The number of thiocarbonyl (C=S) groups is 1. The molecule has 0 aliphatic carbocycles. The van der Waals surface area contributed by atoms with E-state index in [1.54, 1.807) is 0 Å². The van der Waals surface area contributed by atoms with Crippen LogP contribution < -0.4 is 0 Å². The van der Waals surface area contributed by atoms with Crippen LogP contribution in [0.15, 0.2) is 42.5 Å². The lowest BCUT2D eigenvalue weighted by atomic mass is 10.1. The molecule has 0 aromatic rings. The summed E-state index contributed by atoms with van der Waals surface area (Å²) >= 11 is 4.35. The predicted octanol–water partition coefficient (Wildman–Crippen LogP) is 2.55. The molecule has 0 N–H and O–H groups in total. The highest BCUT2D eigenvalue weighted by Crippen LogP contribution is 2.24. The van der Waals surface area contributed by atoms with Gasteiger partial charge in [0, 0.05) is 0 Å². The van der Waals surface area contributed by atoms with E-state index in [9.17, 15) is 14.4 Å². The van der Waals surface area contributed by atoms with Crippen molar-refractivity contribution in [2.45, 2.75) is 33.2 Å². The number of hydrogen-bond acceptors (Lipinski definition) is 4. The Morgan fingerprint density at radius 1 is 1.29 bits per heavy atom. The minimum Gasteiger partial charge on any atom is -0.298 e. The van der Waals surface area contributed by atoms with Crippen molar-refractivity contribution in [1.82, 2.24) is 4.90 Å². The first kappa shape index (κ1) is 18.9. The van der Waals surface area contributed by atoms with Crippen LogP contribution in [0.25, 0.3) is 0 Å². The van der Waals surface area contributed by atoms with Gasteiger partial charge in [0.1, 0.15) is 0 Å². The molecule has 2 amide bonds. The fraction of sp³-hybridized carbons (Fsp3) is 0.312. The molecule has 112 valence electrons. The number of Topliss-reactive ketones (excluding diaryl/α,β-unsaturated/α-hetero) is 1. The standard InChI is InChI=1S/C12H13NO3.C4H6S/c1-5-9-10(6-2)12(16)13(11(9)15)7(3)8(4)14;1-2-3-4-5/h5-7H,1-2H2,3-4H3;3H,2H2,1H3. The maximum Gasteiger partial charge on any atom is 0.262 e. The van der Waals surface area contributed by atoms with Crippen LogP contribution >= 0.6 is 12.2 Å². The summed E-state index contributed by atoms with van der Waals surface area (Å²) in [5, 5.41) is 2.48. The van der Waals surface area contributed by atoms with Gasteiger partial charge in [-0.1, -0.05) is 37.3 Å². The molecule has 0 aromatic heterocycles. The normalized spacial score (nSPS) is 14.9. The van der Waals surface area contributed by atoms with E-state index in [4.69, 9.17) is 0 Å². The van der Waals surface area contributed by atoms with Crippen molar-refractivity contribution >= 4 is 34.8 Å². The van der Waals surface area contributed by atoms with Crippen LogP contribution in [0.1, 0.15) is 27.2 Å². The lowest BCUT2D eigenvalue weighted by Gasteiger charge is -2.20. The molecule has 4 nitrogen and oxygen atoms in total. The lowest BCUT2D eigenvalue weighted by molar-refractivity contribution is -0.144. The fourth-order valence-electron chi connectivity index (χ4n) is 1.59. The number of ketones is 1. The largest absolute Gasteiger partial charge is 0.298 e. The fourth-order valence-corrected chi connectivity index (χ4v) is 1.76. The summed E-state index contributed by atoms with van der Waals surface area (Å²) in [5.74, 6) is -1.22. The van der Waals surface area contributed by atoms with E-state index in [2.05, 4.69) is 30.4 Å². The highest BCUT2D eigenvalue weighted by molar-refractivity contribution is 7.78. The number of hydrogen-bond donors (Lipinski definition) is 0. The molecule has 5 heteroatoms. The molecule has 1 unspecified atom stereocenters. The molecule has 0 saturated heterocycles. The average molecular weight is 305 g/mol. The molecule has 0 radical (unpaired) electrons. The van der Waals surface area contributed by atoms with Crippen LogP contribution in [0.3, 0.4) is 0 Å². The Labute approximate surface area is 130 Å². The van der Waals surface area contributed by atoms with Gasteiger partial charge in [-0.3, -0.25) is 19.3 Å². The van der Waals surface area contributed by atoms with Gasteiger partial charge in [-0.2, -0.15) is 0 Å². The van der Waals surface area contributed by atoms with Gasteiger partial charge in [0.25, 0.3) is 11.8 Å². The van der Waals surface area contributed by atoms with E-state index in [1.807, 2.05) is 13.0 Å². The zero-order chi connectivity index (χ0) is 16.6. The number of carbonyl (C=O) groups excluding carboxylic acids is 3. The van der Waals surface area contributed by atoms with Gasteiger partial charge in [-0.15, -0.1) is 0 Å². The first-order valence-corrected chi connectivity index (χ1v) is 6.84. The Morgan fingerprint density at radius 3 is 1.90 bits per heavy atom. The van der Waals surface area contributed by atoms with Crippen molar-refractivity contribution < 1.29 is 14.4 Å². The van der Waals surface area contributed by atoms with Crippen LogP contribution in [0, 0.1) is 0 Å². The quantitative estimate of drug-likeness (QED) is 0.578. The molecule has 1 aliphatic rings. The van der Waals surface area contributed by atoms with Crippen molar-refractivity contribution in [1.29, 1.82) is 0 Å². The first-order chi connectivity index (χ1) is 9.87. The maximum atomic E-state index is 11.8. The highest BCUT2D eigenvalue weighted by atomic mass is 32.1. The maximum absolute atomic E-state index is 11.8. The molecule has 1 heterocycles. The third-order valence-corrected chi connectivity index (χ3v) is 3.03. The van der Waals surface area contributed by atoms with Gasteiger partial charge < -0.3 is 0 Å². The Morgan fingerprint density at radius 2 is 1.71 bits per heavy atom. The summed E-state index contributed by atoms with van der Waals surface area (Å²) in [6.45, 7) is 11.8. The molecule has 0 bridgehead atoms. The Hall–Kier alpha value is -2.10. The van der Waals surface area contributed by atoms with E-state index in [-0.39, 0.29) is 16.9 Å². The third kappa shape index (κ3) is 4.45. The first-order valence-electron chi connectivity index (χ1n) is 6.44. The number of allylic oxidation sites excluding steroid dienone is 1. The Bertz CT molecular complexity index is 524. The molecule has 21 heavy (non-hydrogen) atoms. The predicted molar refractivity (Wildman–Crippen MR) is 86.9 cm³/mol. The van der Waals surface area contributed by atoms with Crippen molar-refractivity contribution in [3.8, 4) is 0 Å². The van der Waals surface area contributed by atoms with E-state index in [0.29, 0.717) is 0 Å². The number of rotatable bonds is 5. The number of amides is 2. The molecular weight excluding hydrogens is 286 g/mol. The molecule has 1 aliphatic heterocycles. The second-order valence-electron chi connectivity index (χ2n) is 4.23. The third-order valence-electron chi connectivity index (χ3n) is 2.86. The Balaban J connectivity index is 0.000000690. The van der Waals surface area contributed by atoms with Gasteiger partial charge in [0.05, 0.1) is 17.2 Å². The smallest absolute Gasteiger partial charge is 0.262 e. The van der Waals surface area contributed by atoms with Crippen molar-refractivity contribution in [2.24, 2.45) is 0 Å². The van der Waals surface area contributed by atoms with Crippen molar-refractivity contribution in [2.75, 3.05) is 0 Å². The molecule has 1 rings (SSSR count). The van der Waals surface area contributed by atoms with Gasteiger partial charge in [-0.05, 0) is 38.6 Å². The zero-order valence-electron chi connectivity index (χ0n) is 12.5. The van der Waals surface area contributed by atoms with Crippen LogP contribution in [0.4, 0.5) is 0 Å². The second kappa shape index (κ2) is 8.95. The summed E-state index contributed by atoms with van der Waals surface area (Å²) in [7, 11) is 0. The van der Waals surface area contributed by atoms with Crippen LogP contribution in [-0.2, 0) is 14.4 Å². The van der Waals surface area contributed by atoms with Gasteiger partial charge in [0.2, 0.25) is 0 Å². The van der Waals surface area contributed by atoms with Crippen LogP contribution in [0.5, 0.6) is 0 Å². The average Bonchev–Trinajstić information content (AvgIpc) is 2.69. The molecule has 0 aromatic carbocycles. The van der Waals surface area contributed by atoms with E-state index in [1.165, 1.54) is 26.0 Å². The molecule has 0 fully saturated rings. The minimum atomic E-state index is -0.757. The zero-order valence-corrected chi connectivity index (χ0v) is 13.3. The van der Waals surface area contributed by atoms with Gasteiger partial charge >= 0.3 is 0 Å². The van der Waals surface area contributed by atoms with Gasteiger partial charge in [-0.25, -0.2) is 0 Å². The summed E-state index contributed by atoms with van der Waals surface area (Å²) in [6.07, 6.45) is 5.44. The SMILES string of the molecule is C=CC1=C(C=C)C(=O)N(C(C)C(C)=O)C1=O.CCC=C=S. The minimum absolute atomic E-state index is 0.202. The van der Waals surface area contributed by atoms with E-state index in [0.717, 1.165) is 11.3 Å².